The molecule has 246 valence electrons. The van der Waals surface area contributed by atoms with Crippen molar-refractivity contribution in [2.75, 3.05) is 31.7 Å². The smallest absolute Gasteiger partial charge is 0.407 e. The maximum atomic E-state index is 14.4. The van der Waals surface area contributed by atoms with Gasteiger partial charge in [-0.3, -0.25) is 9.48 Å². The average Bonchev–Trinajstić information content (AvgIpc) is 3.81. The van der Waals surface area contributed by atoms with Crippen molar-refractivity contribution in [2.45, 2.75) is 89.1 Å². The van der Waals surface area contributed by atoms with Crippen LogP contribution in [0.25, 0.3) is 11.1 Å². The predicted molar refractivity (Wildman–Crippen MR) is 178 cm³/mol. The van der Waals surface area contributed by atoms with Gasteiger partial charge in [-0.15, -0.1) is 0 Å². The molecule has 0 saturated heterocycles. The Kier molecular flexibility index (Phi) is 9.97. The van der Waals surface area contributed by atoms with Crippen LogP contribution in [0.5, 0.6) is 5.75 Å². The second-order valence-electron chi connectivity index (χ2n) is 13.6. The highest BCUT2D eigenvalue weighted by atomic mass is 16.5. The quantitative estimate of drug-likeness (QED) is 0.236. The van der Waals surface area contributed by atoms with E-state index in [1.165, 1.54) is 28.9 Å². The van der Waals surface area contributed by atoms with Gasteiger partial charge in [0, 0.05) is 42.5 Å². The molecule has 2 aromatic carbocycles. The zero-order chi connectivity index (χ0) is 32.2. The van der Waals surface area contributed by atoms with Crippen LogP contribution in [-0.4, -0.2) is 69.7 Å². The number of amides is 2. The molecule has 3 aromatic rings. The SMILES string of the molecule is COc1ccc(C2CCC(CN(C(=O)C3CCC(N(CCO)C(=O)O)CC3)c3cccc(-c4cnn(C5CC5)c4)c3)CC2)cc1C. The lowest BCUT2D eigenvalue weighted by atomic mass is 9.78. The van der Waals surface area contributed by atoms with Crippen LogP contribution in [0.2, 0.25) is 0 Å². The van der Waals surface area contributed by atoms with Gasteiger partial charge in [0.05, 0.1) is 26.0 Å². The highest BCUT2D eigenvalue weighted by molar-refractivity contribution is 5.95. The van der Waals surface area contributed by atoms with Crippen LogP contribution in [-0.2, 0) is 4.79 Å². The maximum absolute atomic E-state index is 14.4. The number of aliphatic hydroxyl groups is 1. The van der Waals surface area contributed by atoms with E-state index in [1.807, 2.05) is 17.2 Å². The van der Waals surface area contributed by atoms with Crippen LogP contribution in [0.15, 0.2) is 54.9 Å². The van der Waals surface area contributed by atoms with E-state index in [9.17, 15) is 19.8 Å². The molecule has 2 N–H and O–H groups in total. The molecule has 0 spiro atoms. The number of hydrogen-bond acceptors (Lipinski definition) is 5. The number of aromatic nitrogens is 2. The van der Waals surface area contributed by atoms with E-state index < -0.39 is 6.09 Å². The van der Waals surface area contributed by atoms with Gasteiger partial charge >= 0.3 is 6.09 Å². The molecule has 0 bridgehead atoms. The fourth-order valence-corrected chi connectivity index (χ4v) is 7.69. The fraction of sp³-hybridized carbons (Fsp3) is 0.541. The van der Waals surface area contributed by atoms with E-state index >= 15 is 0 Å². The van der Waals surface area contributed by atoms with Crippen molar-refractivity contribution in [3.8, 4) is 16.9 Å². The largest absolute Gasteiger partial charge is 0.496 e. The number of methoxy groups -OCH3 is 1. The lowest BCUT2D eigenvalue weighted by Gasteiger charge is -2.38. The first-order valence-corrected chi connectivity index (χ1v) is 17.1. The monoisotopic (exact) mass is 628 g/mol. The van der Waals surface area contributed by atoms with E-state index in [0.717, 1.165) is 48.2 Å². The molecule has 0 aliphatic heterocycles. The standard InChI is InChI=1S/C37H48N4O5/c1-25-20-30(12-17-35(25)46-2)27-8-6-26(7-9-27)23-40(36(43)28-10-13-32(14-11-28)39(18-19-42)37(44)45)34-5-3-4-29(21-34)31-22-38-41(24-31)33-15-16-33/h3-5,12,17,20-22,24,26-28,32-33,42H,6-11,13-16,18-19,23H2,1-2H3,(H,44,45). The highest BCUT2D eigenvalue weighted by Crippen LogP contribution is 2.40. The number of carboxylic acid groups (broad SMARTS) is 1. The molecule has 2 amide bonds. The summed E-state index contributed by atoms with van der Waals surface area (Å²) in [6.45, 7) is 2.69. The lowest BCUT2D eigenvalue weighted by Crippen LogP contribution is -2.46. The Bertz CT molecular complexity index is 1500. The van der Waals surface area contributed by atoms with E-state index in [1.54, 1.807) is 7.11 Å². The number of carbonyl (C=O) groups is 2. The third-order valence-electron chi connectivity index (χ3n) is 10.5. The van der Waals surface area contributed by atoms with Crippen LogP contribution in [0, 0.1) is 18.8 Å². The molecule has 1 heterocycles. The van der Waals surface area contributed by atoms with Crippen LogP contribution in [0.3, 0.4) is 0 Å². The summed E-state index contributed by atoms with van der Waals surface area (Å²) in [5.41, 5.74) is 5.58. The number of hydrogen-bond donors (Lipinski definition) is 2. The van der Waals surface area contributed by atoms with Crippen molar-refractivity contribution in [3.05, 3.63) is 66.0 Å². The number of aryl methyl sites for hydroxylation is 1. The van der Waals surface area contributed by atoms with Gasteiger partial charge in [0.25, 0.3) is 0 Å². The summed E-state index contributed by atoms with van der Waals surface area (Å²) < 4.78 is 7.53. The van der Waals surface area contributed by atoms with Gasteiger partial charge in [-0.1, -0.05) is 24.3 Å². The molecule has 0 radical (unpaired) electrons. The minimum Gasteiger partial charge on any atom is -0.496 e. The average molecular weight is 629 g/mol. The van der Waals surface area contributed by atoms with Gasteiger partial charge in [-0.05, 0) is 118 Å². The summed E-state index contributed by atoms with van der Waals surface area (Å²) in [4.78, 5) is 29.5. The third-order valence-corrected chi connectivity index (χ3v) is 10.5. The van der Waals surface area contributed by atoms with Crippen molar-refractivity contribution in [1.29, 1.82) is 0 Å². The van der Waals surface area contributed by atoms with Gasteiger partial charge in [0.15, 0.2) is 0 Å². The highest BCUT2D eigenvalue weighted by Gasteiger charge is 2.35. The van der Waals surface area contributed by atoms with Gasteiger partial charge in [0.1, 0.15) is 5.75 Å². The molecule has 0 unspecified atom stereocenters. The number of ether oxygens (including phenoxy) is 1. The first-order valence-electron chi connectivity index (χ1n) is 17.1. The Morgan fingerprint density at radius 2 is 1.72 bits per heavy atom. The Balaban J connectivity index is 1.18. The number of aliphatic hydroxyl groups excluding tert-OH is 1. The van der Waals surface area contributed by atoms with Crippen molar-refractivity contribution >= 4 is 17.7 Å². The Morgan fingerprint density at radius 1 is 0.957 bits per heavy atom. The molecule has 9 nitrogen and oxygen atoms in total. The fourth-order valence-electron chi connectivity index (χ4n) is 7.69. The molecule has 3 saturated carbocycles. The first kappa shape index (κ1) is 32.1. The second-order valence-corrected chi connectivity index (χ2v) is 13.6. The van der Waals surface area contributed by atoms with Crippen molar-refractivity contribution < 1.29 is 24.5 Å². The zero-order valence-corrected chi connectivity index (χ0v) is 27.2. The minimum atomic E-state index is -1.01. The summed E-state index contributed by atoms with van der Waals surface area (Å²) in [5.74, 6) is 1.83. The molecular formula is C37H48N4O5. The number of benzene rings is 2. The van der Waals surface area contributed by atoms with Gasteiger partial charge in [0.2, 0.25) is 5.91 Å². The first-order chi connectivity index (χ1) is 22.3. The number of carbonyl (C=O) groups excluding carboxylic acids is 1. The minimum absolute atomic E-state index is 0.105. The maximum Gasteiger partial charge on any atom is 0.407 e. The van der Waals surface area contributed by atoms with Crippen LogP contribution in [0.1, 0.15) is 87.3 Å². The Labute approximate surface area is 272 Å². The predicted octanol–water partition coefficient (Wildman–Crippen LogP) is 7.04. The molecular weight excluding hydrogens is 580 g/mol. The molecule has 46 heavy (non-hydrogen) atoms. The van der Waals surface area contributed by atoms with Crippen LogP contribution in [0.4, 0.5) is 10.5 Å². The molecule has 1 aromatic heterocycles. The van der Waals surface area contributed by atoms with Gasteiger partial charge < -0.3 is 24.7 Å². The van der Waals surface area contributed by atoms with Gasteiger partial charge in [-0.2, -0.15) is 5.10 Å². The van der Waals surface area contributed by atoms with E-state index in [0.29, 0.717) is 50.1 Å². The normalized spacial score (nSPS) is 23.1. The number of anilines is 1. The van der Waals surface area contributed by atoms with Crippen LogP contribution < -0.4 is 9.64 Å². The van der Waals surface area contributed by atoms with Gasteiger partial charge in [-0.25, -0.2) is 4.79 Å². The van der Waals surface area contributed by atoms with Crippen molar-refractivity contribution in [1.82, 2.24) is 14.7 Å². The van der Waals surface area contributed by atoms with Crippen molar-refractivity contribution in [3.63, 3.8) is 0 Å². The summed E-state index contributed by atoms with van der Waals surface area (Å²) >= 11 is 0. The summed E-state index contributed by atoms with van der Waals surface area (Å²) in [5, 5.41) is 23.6. The van der Waals surface area contributed by atoms with Crippen molar-refractivity contribution in [2.24, 2.45) is 11.8 Å². The summed E-state index contributed by atoms with van der Waals surface area (Å²) in [6, 6.07) is 15.2. The molecule has 3 aliphatic carbocycles. The summed E-state index contributed by atoms with van der Waals surface area (Å²) in [7, 11) is 1.71. The number of rotatable bonds is 11. The molecule has 0 atom stereocenters. The lowest BCUT2D eigenvalue weighted by molar-refractivity contribution is -0.123. The molecule has 6 rings (SSSR count). The molecule has 3 aliphatic rings. The Morgan fingerprint density at radius 3 is 2.37 bits per heavy atom. The second kappa shape index (κ2) is 14.3. The Hall–Kier alpha value is -3.85. The number of nitrogens with zero attached hydrogens (tertiary/aromatic N) is 4. The molecule has 3 fully saturated rings. The van der Waals surface area contributed by atoms with E-state index in [4.69, 9.17) is 4.74 Å². The summed E-state index contributed by atoms with van der Waals surface area (Å²) in [6.07, 6.45) is 12.3. The third kappa shape index (κ3) is 7.25. The van der Waals surface area contributed by atoms with E-state index in [2.05, 4.69) is 59.3 Å². The zero-order valence-electron chi connectivity index (χ0n) is 27.2. The topological polar surface area (TPSA) is 108 Å². The van der Waals surface area contributed by atoms with E-state index in [-0.39, 0.29) is 31.0 Å². The molecule has 9 heteroatoms. The van der Waals surface area contributed by atoms with Crippen LogP contribution >= 0.6 is 0 Å².